The first-order valence-electron chi connectivity index (χ1n) is 4.68. The predicted molar refractivity (Wildman–Crippen MR) is 62.9 cm³/mol. The third-order valence-electron chi connectivity index (χ3n) is 2.18. The van der Waals surface area contributed by atoms with Crippen LogP contribution in [0.25, 0.3) is 0 Å². The highest BCUT2D eigenvalue weighted by Crippen LogP contribution is 2.30. The Kier molecular flexibility index (Phi) is 3.38. The summed E-state index contributed by atoms with van der Waals surface area (Å²) < 4.78 is 5.92. The number of ketones is 1. The summed E-state index contributed by atoms with van der Waals surface area (Å²) in [7, 11) is 0. The van der Waals surface area contributed by atoms with Crippen LogP contribution >= 0.6 is 27.3 Å². The lowest BCUT2D eigenvalue weighted by Crippen LogP contribution is -2.36. The van der Waals surface area contributed by atoms with Gasteiger partial charge in [0.25, 0.3) is 0 Å². The molecule has 1 saturated heterocycles. The predicted octanol–water partition coefficient (Wildman–Crippen LogP) is 1.94. The first-order chi connectivity index (χ1) is 7.18. The Hall–Kier alpha value is -0.460. The number of rotatable bonds is 2. The number of Topliss-reactive ketones (excluding diaryl/α,β-unsaturated/α-hetero) is 1. The van der Waals surface area contributed by atoms with E-state index in [9.17, 15) is 4.79 Å². The fourth-order valence-electron chi connectivity index (χ4n) is 1.40. The summed E-state index contributed by atoms with van der Waals surface area (Å²) in [6.07, 6.45) is 0. The van der Waals surface area contributed by atoms with Crippen LogP contribution in [0.2, 0.25) is 0 Å². The van der Waals surface area contributed by atoms with Gasteiger partial charge in [0, 0.05) is 20.0 Å². The lowest BCUT2D eigenvalue weighted by Gasteiger charge is -2.25. The second-order valence-corrected chi connectivity index (χ2v) is 5.00. The maximum absolute atomic E-state index is 11.3. The van der Waals surface area contributed by atoms with Gasteiger partial charge < -0.3 is 9.64 Å². The van der Waals surface area contributed by atoms with Crippen LogP contribution in [0.4, 0.5) is 5.13 Å². The zero-order chi connectivity index (χ0) is 10.8. The highest BCUT2D eigenvalue weighted by Gasteiger charge is 2.19. The Labute approximate surface area is 100 Å². The molecule has 1 aromatic rings. The van der Waals surface area contributed by atoms with Crippen LogP contribution in [-0.2, 0) is 4.74 Å². The normalized spacial score (nSPS) is 16.8. The number of aromatic nitrogens is 1. The van der Waals surface area contributed by atoms with E-state index < -0.39 is 0 Å². The van der Waals surface area contributed by atoms with Gasteiger partial charge >= 0.3 is 0 Å². The molecule has 1 aliphatic rings. The summed E-state index contributed by atoms with van der Waals surface area (Å²) >= 11 is 4.74. The van der Waals surface area contributed by atoms with E-state index in [0.717, 1.165) is 31.4 Å². The molecule has 0 saturated carbocycles. The second kappa shape index (κ2) is 4.59. The number of morpholine rings is 1. The molecule has 4 nitrogen and oxygen atoms in total. The zero-order valence-electron chi connectivity index (χ0n) is 8.33. The van der Waals surface area contributed by atoms with E-state index in [1.807, 2.05) is 0 Å². The third-order valence-corrected chi connectivity index (χ3v) is 4.23. The maximum atomic E-state index is 11.3. The molecular weight excluding hydrogens is 280 g/mol. The smallest absolute Gasteiger partial charge is 0.187 e. The molecular formula is C9H11BrN2O2S. The number of nitrogens with zero attached hydrogens (tertiary/aromatic N) is 2. The lowest BCUT2D eigenvalue weighted by atomic mass is 10.4. The van der Waals surface area contributed by atoms with Crippen LogP contribution in [0.15, 0.2) is 4.60 Å². The second-order valence-electron chi connectivity index (χ2n) is 3.27. The summed E-state index contributed by atoms with van der Waals surface area (Å²) in [6, 6.07) is 0. The van der Waals surface area contributed by atoms with Gasteiger partial charge in [-0.05, 0) is 15.9 Å². The van der Waals surface area contributed by atoms with Crippen molar-refractivity contribution in [1.82, 2.24) is 4.98 Å². The van der Waals surface area contributed by atoms with Crippen LogP contribution < -0.4 is 4.90 Å². The molecule has 1 aromatic heterocycles. The molecule has 0 bridgehead atoms. The number of anilines is 1. The van der Waals surface area contributed by atoms with Gasteiger partial charge in [-0.15, -0.1) is 0 Å². The molecule has 2 heterocycles. The number of halogens is 1. The van der Waals surface area contributed by atoms with Crippen molar-refractivity contribution in [3.05, 3.63) is 9.48 Å². The minimum absolute atomic E-state index is 0.0545. The van der Waals surface area contributed by atoms with Crippen LogP contribution in [0.1, 0.15) is 16.6 Å². The molecule has 0 aliphatic carbocycles. The monoisotopic (exact) mass is 290 g/mol. The van der Waals surface area contributed by atoms with Crippen molar-refractivity contribution < 1.29 is 9.53 Å². The largest absolute Gasteiger partial charge is 0.378 e. The minimum atomic E-state index is 0.0545. The molecule has 0 amide bonds. The molecule has 6 heteroatoms. The van der Waals surface area contributed by atoms with Gasteiger partial charge in [-0.3, -0.25) is 4.79 Å². The number of ether oxygens (including phenoxy) is 1. The lowest BCUT2D eigenvalue weighted by molar-refractivity contribution is 0.102. The van der Waals surface area contributed by atoms with E-state index in [0.29, 0.717) is 9.48 Å². The summed E-state index contributed by atoms with van der Waals surface area (Å²) in [5.41, 5.74) is 0. The fraction of sp³-hybridized carbons (Fsp3) is 0.556. The molecule has 0 spiro atoms. The molecule has 15 heavy (non-hydrogen) atoms. The SMILES string of the molecule is CC(=O)c1sc(N2CCOCC2)nc1Br. The Bertz CT molecular complexity index is 374. The zero-order valence-corrected chi connectivity index (χ0v) is 10.7. The number of carbonyl (C=O) groups excluding carboxylic acids is 1. The van der Waals surface area contributed by atoms with Gasteiger partial charge in [-0.1, -0.05) is 11.3 Å². The Morgan fingerprint density at radius 3 is 2.73 bits per heavy atom. The van der Waals surface area contributed by atoms with Crippen LogP contribution in [0.3, 0.4) is 0 Å². The van der Waals surface area contributed by atoms with Crippen molar-refractivity contribution >= 4 is 38.2 Å². The Balaban J connectivity index is 2.21. The van der Waals surface area contributed by atoms with Crippen molar-refractivity contribution in [3.63, 3.8) is 0 Å². The summed E-state index contributed by atoms with van der Waals surface area (Å²) in [5, 5.41) is 0.898. The van der Waals surface area contributed by atoms with Gasteiger partial charge in [0.05, 0.1) is 13.2 Å². The van der Waals surface area contributed by atoms with Crippen LogP contribution in [0, 0.1) is 0 Å². The average molecular weight is 291 g/mol. The van der Waals surface area contributed by atoms with Crippen molar-refractivity contribution in [1.29, 1.82) is 0 Å². The fourth-order valence-corrected chi connectivity index (χ4v) is 3.11. The molecule has 0 aromatic carbocycles. The first kappa shape index (κ1) is 11.0. The van der Waals surface area contributed by atoms with Gasteiger partial charge in [0.2, 0.25) is 0 Å². The van der Waals surface area contributed by atoms with E-state index in [1.165, 1.54) is 11.3 Å². The summed E-state index contributed by atoms with van der Waals surface area (Å²) in [4.78, 5) is 18.4. The molecule has 2 rings (SSSR count). The average Bonchev–Trinajstić information content (AvgIpc) is 2.62. The highest BCUT2D eigenvalue weighted by molar-refractivity contribution is 9.10. The number of thiazole rings is 1. The Morgan fingerprint density at radius 2 is 2.20 bits per heavy atom. The minimum Gasteiger partial charge on any atom is -0.378 e. The first-order valence-corrected chi connectivity index (χ1v) is 6.29. The van der Waals surface area contributed by atoms with Gasteiger partial charge in [0.1, 0.15) is 9.48 Å². The van der Waals surface area contributed by atoms with Crippen molar-refractivity contribution in [2.45, 2.75) is 6.92 Å². The van der Waals surface area contributed by atoms with Gasteiger partial charge in [-0.25, -0.2) is 4.98 Å². The van der Waals surface area contributed by atoms with Crippen molar-refractivity contribution in [2.24, 2.45) is 0 Å². The maximum Gasteiger partial charge on any atom is 0.187 e. The topological polar surface area (TPSA) is 42.4 Å². The highest BCUT2D eigenvalue weighted by atomic mass is 79.9. The molecule has 1 fully saturated rings. The summed E-state index contributed by atoms with van der Waals surface area (Å²) in [6.45, 7) is 4.70. The van der Waals surface area contributed by atoms with Crippen molar-refractivity contribution in [3.8, 4) is 0 Å². The van der Waals surface area contributed by atoms with Crippen LogP contribution in [-0.4, -0.2) is 37.1 Å². The van der Waals surface area contributed by atoms with Gasteiger partial charge in [-0.2, -0.15) is 0 Å². The standard InChI is InChI=1S/C9H11BrN2O2S/c1-6(13)7-8(10)11-9(15-7)12-2-4-14-5-3-12/h2-5H2,1H3. The van der Waals surface area contributed by atoms with Gasteiger partial charge in [0.15, 0.2) is 10.9 Å². The molecule has 82 valence electrons. The number of hydrogen-bond acceptors (Lipinski definition) is 5. The van der Waals surface area contributed by atoms with Crippen LogP contribution in [0.5, 0.6) is 0 Å². The quantitative estimate of drug-likeness (QED) is 0.781. The van der Waals surface area contributed by atoms with E-state index in [4.69, 9.17) is 4.74 Å². The molecule has 1 aliphatic heterocycles. The molecule has 0 unspecified atom stereocenters. The van der Waals surface area contributed by atoms with E-state index >= 15 is 0 Å². The van der Waals surface area contributed by atoms with E-state index in [-0.39, 0.29) is 5.78 Å². The number of carbonyl (C=O) groups is 1. The molecule has 0 radical (unpaired) electrons. The number of hydrogen-bond donors (Lipinski definition) is 0. The van der Waals surface area contributed by atoms with Crippen molar-refractivity contribution in [2.75, 3.05) is 31.2 Å². The Morgan fingerprint density at radius 1 is 1.53 bits per heavy atom. The third kappa shape index (κ3) is 2.38. The summed E-state index contributed by atoms with van der Waals surface area (Å²) in [5.74, 6) is 0.0545. The van der Waals surface area contributed by atoms with E-state index in [2.05, 4.69) is 25.8 Å². The molecule has 0 atom stereocenters. The van der Waals surface area contributed by atoms with E-state index in [1.54, 1.807) is 6.92 Å². The molecule has 0 N–H and O–H groups in total.